The van der Waals surface area contributed by atoms with Crippen LogP contribution in [-0.4, -0.2) is 6.85 Å². The maximum Gasteiger partial charge on any atom is 0.329 e. The molecule has 0 fully saturated rings. The Labute approximate surface area is 297 Å². The van der Waals surface area contributed by atoms with Gasteiger partial charge in [-0.2, -0.15) is 0 Å². The van der Waals surface area contributed by atoms with Gasteiger partial charge in [0.2, 0.25) is 0 Å². The van der Waals surface area contributed by atoms with Crippen LogP contribution in [0.3, 0.4) is 0 Å². The van der Waals surface area contributed by atoms with E-state index in [4.69, 9.17) is 0 Å². The van der Waals surface area contributed by atoms with Gasteiger partial charge in [0.15, 0.2) is 0 Å². The van der Waals surface area contributed by atoms with Gasteiger partial charge in [0.25, 0.3) is 0 Å². The number of rotatable bonds is 5. The number of nitrogens with zero attached hydrogens (tertiary/aromatic N) is 1. The van der Waals surface area contributed by atoms with Gasteiger partial charge in [-0.3, -0.25) is 0 Å². The van der Waals surface area contributed by atoms with Crippen molar-refractivity contribution in [3.8, 4) is 33.4 Å². The number of benzene rings is 7. The maximum atomic E-state index is 2.64. The van der Waals surface area contributed by atoms with Crippen LogP contribution in [0.2, 0.25) is 0 Å². The molecular formula is C48H40BN. The van der Waals surface area contributed by atoms with Crippen molar-refractivity contribution in [2.75, 3.05) is 4.81 Å². The van der Waals surface area contributed by atoms with E-state index in [0.717, 1.165) is 6.42 Å². The minimum absolute atomic E-state index is 0.0399. The molecule has 0 bridgehead atoms. The fourth-order valence-electron chi connectivity index (χ4n) is 8.88. The number of hydrogen-bond donors (Lipinski definition) is 0. The lowest BCUT2D eigenvalue weighted by atomic mass is 9.40. The first-order valence-electron chi connectivity index (χ1n) is 17.8. The van der Waals surface area contributed by atoms with Crippen molar-refractivity contribution in [1.82, 2.24) is 0 Å². The Morgan fingerprint density at radius 2 is 1.16 bits per heavy atom. The Bertz CT molecular complexity index is 2390. The molecule has 0 unspecified atom stereocenters. The van der Waals surface area contributed by atoms with Crippen molar-refractivity contribution in [1.29, 1.82) is 0 Å². The second-order valence-electron chi connectivity index (χ2n) is 14.7. The summed E-state index contributed by atoms with van der Waals surface area (Å²) < 4.78 is 0. The lowest BCUT2D eigenvalue weighted by molar-refractivity contribution is 0.629. The highest BCUT2D eigenvalue weighted by Crippen LogP contribution is 2.45. The van der Waals surface area contributed by atoms with E-state index < -0.39 is 0 Å². The predicted octanol–water partition coefficient (Wildman–Crippen LogP) is 10.8. The maximum absolute atomic E-state index is 2.64. The van der Waals surface area contributed by atoms with E-state index in [2.05, 4.69) is 190 Å². The van der Waals surface area contributed by atoms with Crippen LogP contribution in [0, 0.1) is 13.8 Å². The predicted molar refractivity (Wildman–Crippen MR) is 214 cm³/mol. The molecule has 2 aliphatic heterocycles. The van der Waals surface area contributed by atoms with Crippen LogP contribution in [-0.2, 0) is 11.8 Å². The fourth-order valence-corrected chi connectivity index (χ4v) is 8.88. The van der Waals surface area contributed by atoms with E-state index in [1.165, 1.54) is 89.1 Å². The SMILES string of the molecule is Cc1cc2c3c(c1)-c1ccc(-c4ccccc4)cc1N(c1ccc(-c4ccccc4)cc1)B3c1cccc(C(C)(C)c3ccccc3C)c1C2. The van der Waals surface area contributed by atoms with Crippen molar-refractivity contribution in [3.63, 3.8) is 0 Å². The minimum Gasteiger partial charge on any atom is -0.376 e. The molecule has 0 saturated heterocycles. The van der Waals surface area contributed by atoms with E-state index in [-0.39, 0.29) is 12.3 Å². The summed E-state index contributed by atoms with van der Waals surface area (Å²) in [7, 11) is 0. The molecule has 0 radical (unpaired) electrons. The Morgan fingerprint density at radius 3 is 1.88 bits per heavy atom. The molecule has 0 saturated carbocycles. The highest BCUT2D eigenvalue weighted by Gasteiger charge is 2.44. The third-order valence-corrected chi connectivity index (χ3v) is 11.2. The summed E-state index contributed by atoms with van der Waals surface area (Å²) in [6.45, 7) is 9.37. The normalized spacial score (nSPS) is 13.0. The summed E-state index contributed by atoms with van der Waals surface area (Å²) in [6.07, 6.45) is 0.930. The van der Waals surface area contributed by atoms with Gasteiger partial charge < -0.3 is 4.81 Å². The largest absolute Gasteiger partial charge is 0.376 e. The first-order valence-corrected chi connectivity index (χ1v) is 17.8. The first kappa shape index (κ1) is 30.5. The molecule has 2 heteroatoms. The van der Waals surface area contributed by atoms with Gasteiger partial charge >= 0.3 is 6.85 Å². The first-order chi connectivity index (χ1) is 24.4. The zero-order valence-corrected chi connectivity index (χ0v) is 29.2. The Morgan fingerprint density at radius 1 is 0.540 bits per heavy atom. The average Bonchev–Trinajstić information content (AvgIpc) is 3.15. The second-order valence-corrected chi connectivity index (χ2v) is 14.7. The van der Waals surface area contributed by atoms with E-state index in [1.807, 2.05) is 0 Å². The number of anilines is 2. The van der Waals surface area contributed by atoms with Crippen LogP contribution in [0.15, 0.2) is 158 Å². The highest BCUT2D eigenvalue weighted by atomic mass is 15.1. The smallest absolute Gasteiger partial charge is 0.329 e. The zero-order valence-electron chi connectivity index (χ0n) is 29.2. The van der Waals surface area contributed by atoms with E-state index in [9.17, 15) is 0 Å². The van der Waals surface area contributed by atoms with Crippen LogP contribution in [0.4, 0.5) is 11.4 Å². The van der Waals surface area contributed by atoms with Gasteiger partial charge in [-0.15, -0.1) is 0 Å². The summed E-state index contributed by atoms with van der Waals surface area (Å²) in [5.74, 6) is 0. The molecule has 0 spiro atoms. The molecule has 0 aromatic heterocycles. The number of hydrogen-bond acceptors (Lipinski definition) is 1. The topological polar surface area (TPSA) is 3.24 Å². The van der Waals surface area contributed by atoms with Crippen LogP contribution in [0.5, 0.6) is 0 Å². The third-order valence-electron chi connectivity index (χ3n) is 11.2. The molecule has 1 nitrogen and oxygen atoms in total. The average molecular weight is 642 g/mol. The van der Waals surface area contributed by atoms with Gasteiger partial charge in [-0.05, 0) is 105 Å². The van der Waals surface area contributed by atoms with E-state index >= 15 is 0 Å². The molecule has 2 aliphatic rings. The van der Waals surface area contributed by atoms with Crippen molar-refractivity contribution >= 4 is 29.1 Å². The zero-order chi connectivity index (χ0) is 34.0. The molecular weight excluding hydrogens is 601 g/mol. The molecule has 50 heavy (non-hydrogen) atoms. The summed E-state index contributed by atoms with van der Waals surface area (Å²) >= 11 is 0. The monoisotopic (exact) mass is 641 g/mol. The van der Waals surface area contributed by atoms with Crippen LogP contribution >= 0.6 is 0 Å². The Kier molecular flexibility index (Phi) is 7.18. The molecule has 0 amide bonds. The van der Waals surface area contributed by atoms with Crippen molar-refractivity contribution < 1.29 is 0 Å². The number of aryl methyl sites for hydroxylation is 2. The lowest BCUT2D eigenvalue weighted by Crippen LogP contribution is -2.62. The summed E-state index contributed by atoms with van der Waals surface area (Å²) in [4.78, 5) is 2.64. The van der Waals surface area contributed by atoms with Crippen LogP contribution in [0.1, 0.15) is 47.2 Å². The Hall–Kier alpha value is -5.60. The summed E-state index contributed by atoms with van der Waals surface area (Å²) in [6, 6.07) is 58.7. The third kappa shape index (κ3) is 4.85. The summed E-state index contributed by atoms with van der Waals surface area (Å²) in [5, 5.41) is 0. The minimum atomic E-state index is -0.157. The molecule has 7 aromatic rings. The molecule has 0 aliphatic carbocycles. The van der Waals surface area contributed by atoms with Crippen molar-refractivity contribution in [2.24, 2.45) is 0 Å². The van der Waals surface area contributed by atoms with Crippen molar-refractivity contribution in [2.45, 2.75) is 39.5 Å². The van der Waals surface area contributed by atoms with E-state index in [1.54, 1.807) is 0 Å². The molecule has 0 N–H and O–H groups in total. The van der Waals surface area contributed by atoms with Gasteiger partial charge in [-0.25, -0.2) is 0 Å². The molecule has 7 aromatic carbocycles. The van der Waals surface area contributed by atoms with Gasteiger partial charge in [0.05, 0.1) is 0 Å². The van der Waals surface area contributed by atoms with Gasteiger partial charge in [0, 0.05) is 22.4 Å². The molecule has 0 atom stereocenters. The molecule has 9 rings (SSSR count). The summed E-state index contributed by atoms with van der Waals surface area (Å²) in [5.41, 5.74) is 21.1. The number of fused-ring (bicyclic) bond motifs is 4. The quantitative estimate of drug-likeness (QED) is 0.169. The molecule has 240 valence electrons. The van der Waals surface area contributed by atoms with Crippen LogP contribution < -0.4 is 15.7 Å². The van der Waals surface area contributed by atoms with Gasteiger partial charge in [-0.1, -0.05) is 159 Å². The van der Waals surface area contributed by atoms with Crippen LogP contribution in [0.25, 0.3) is 33.4 Å². The molecule has 2 heterocycles. The second kappa shape index (κ2) is 11.8. The van der Waals surface area contributed by atoms with Gasteiger partial charge in [0.1, 0.15) is 0 Å². The standard InChI is InChI=1S/C48H40BN/c1-32-28-38-30-42-44(48(3,4)43-19-12-11-14-33(43)2)20-13-21-45(42)49-47(38)41(29-32)40-27-24-37(35-17-9-6-10-18-35)31-46(40)50(49)39-25-22-36(23-26-39)34-15-7-5-8-16-34/h5-29,31H,30H2,1-4H3. The lowest BCUT2D eigenvalue weighted by Gasteiger charge is -2.44. The highest BCUT2D eigenvalue weighted by molar-refractivity contribution is 6.92. The Balaban J connectivity index is 1.30. The van der Waals surface area contributed by atoms with E-state index in [0.29, 0.717) is 0 Å². The fraction of sp³-hybridized carbons (Fsp3) is 0.125. The van der Waals surface area contributed by atoms with Crippen molar-refractivity contribution in [3.05, 3.63) is 191 Å².